The van der Waals surface area contributed by atoms with E-state index in [2.05, 4.69) is 49.8 Å². The smallest absolute Gasteiger partial charge is 0.277 e. The number of hydrogen-bond donors (Lipinski definition) is 3. The third kappa shape index (κ3) is 4.01. The molecule has 0 saturated carbocycles. The molecule has 0 aliphatic heterocycles. The van der Waals surface area contributed by atoms with Crippen molar-refractivity contribution in [2.24, 2.45) is 0 Å². The lowest BCUT2D eigenvalue weighted by Crippen LogP contribution is -3.00. The standard InChI is InChI=1S/C16H17N5O2.ClH/c17-15-14(20-23-21-15)16(22)19-9-8-18-10-12-6-3-5-11-4-1-2-7-13(11)12;/h1-7,18H,8-10H2,(H2,17,21)(H,19,22);1H/p-1. The molecule has 126 valence electrons. The maximum atomic E-state index is 11.8. The molecular weight excluding hydrogens is 330 g/mol. The number of nitrogens with two attached hydrogens (primary N) is 1. The number of fused-ring (bicyclic) bond motifs is 1. The summed E-state index contributed by atoms with van der Waals surface area (Å²) < 4.78 is 4.39. The van der Waals surface area contributed by atoms with E-state index in [0.717, 1.165) is 6.54 Å². The first-order valence-electron chi connectivity index (χ1n) is 7.29. The van der Waals surface area contributed by atoms with Crippen LogP contribution in [-0.4, -0.2) is 29.3 Å². The molecule has 4 N–H and O–H groups in total. The molecule has 8 heteroatoms. The lowest BCUT2D eigenvalue weighted by atomic mass is 10.0. The van der Waals surface area contributed by atoms with Crippen LogP contribution in [0.5, 0.6) is 0 Å². The van der Waals surface area contributed by atoms with Gasteiger partial charge >= 0.3 is 0 Å². The second-order valence-corrected chi connectivity index (χ2v) is 5.07. The van der Waals surface area contributed by atoms with Gasteiger partial charge < -0.3 is 28.8 Å². The first-order chi connectivity index (χ1) is 11.3. The number of hydrogen-bond acceptors (Lipinski definition) is 6. The Morgan fingerprint density at radius 3 is 2.67 bits per heavy atom. The van der Waals surface area contributed by atoms with Crippen molar-refractivity contribution in [3.05, 3.63) is 53.7 Å². The summed E-state index contributed by atoms with van der Waals surface area (Å²) in [5, 5.41) is 15.3. The molecule has 0 spiro atoms. The van der Waals surface area contributed by atoms with E-state index < -0.39 is 5.91 Å². The van der Waals surface area contributed by atoms with Crippen LogP contribution in [0, 0.1) is 0 Å². The highest BCUT2D eigenvalue weighted by Crippen LogP contribution is 2.17. The molecule has 0 saturated heterocycles. The van der Waals surface area contributed by atoms with Crippen LogP contribution < -0.4 is 28.8 Å². The van der Waals surface area contributed by atoms with Crippen LogP contribution in [0.4, 0.5) is 5.82 Å². The lowest BCUT2D eigenvalue weighted by molar-refractivity contribution is -0.0000135. The maximum Gasteiger partial charge on any atom is 0.277 e. The molecular formula is C16H17ClN5O2-. The molecule has 1 aromatic heterocycles. The Hall–Kier alpha value is -2.64. The molecule has 24 heavy (non-hydrogen) atoms. The zero-order valence-electron chi connectivity index (χ0n) is 12.8. The third-order valence-corrected chi connectivity index (χ3v) is 3.51. The summed E-state index contributed by atoms with van der Waals surface area (Å²) in [6.45, 7) is 1.81. The Labute approximate surface area is 145 Å². The summed E-state index contributed by atoms with van der Waals surface area (Å²) in [7, 11) is 0. The summed E-state index contributed by atoms with van der Waals surface area (Å²) in [5.41, 5.74) is 6.69. The van der Waals surface area contributed by atoms with Crippen molar-refractivity contribution in [2.45, 2.75) is 6.54 Å². The van der Waals surface area contributed by atoms with Gasteiger partial charge in [-0.3, -0.25) is 4.79 Å². The first kappa shape index (κ1) is 17.7. The number of carbonyl (C=O) groups is 1. The fraction of sp³-hybridized carbons (Fsp3) is 0.188. The summed E-state index contributed by atoms with van der Waals surface area (Å²) >= 11 is 0. The Balaban J connectivity index is 0.00000208. The van der Waals surface area contributed by atoms with Crippen LogP contribution >= 0.6 is 0 Å². The predicted molar refractivity (Wildman–Crippen MR) is 86.7 cm³/mol. The molecule has 3 rings (SSSR count). The Kier molecular flexibility index (Phi) is 6.11. The number of aromatic nitrogens is 2. The largest absolute Gasteiger partial charge is 1.00 e. The molecule has 1 amide bonds. The van der Waals surface area contributed by atoms with Crippen LogP contribution in [0.1, 0.15) is 16.1 Å². The first-order valence-corrected chi connectivity index (χ1v) is 7.29. The average molecular weight is 347 g/mol. The van der Waals surface area contributed by atoms with Crippen LogP contribution in [0.15, 0.2) is 47.1 Å². The number of anilines is 1. The minimum absolute atomic E-state index is 0. The van der Waals surface area contributed by atoms with E-state index in [1.54, 1.807) is 0 Å². The molecule has 7 nitrogen and oxygen atoms in total. The molecule has 3 aromatic rings. The summed E-state index contributed by atoms with van der Waals surface area (Å²) in [6, 6.07) is 14.5. The van der Waals surface area contributed by atoms with Crippen LogP contribution in [0.3, 0.4) is 0 Å². The summed E-state index contributed by atoms with van der Waals surface area (Å²) in [6.07, 6.45) is 0. The fourth-order valence-electron chi connectivity index (χ4n) is 2.37. The number of carbonyl (C=O) groups excluding carboxylic acids is 1. The van der Waals surface area contributed by atoms with E-state index in [9.17, 15) is 4.79 Å². The van der Waals surface area contributed by atoms with Crippen molar-refractivity contribution >= 4 is 22.5 Å². The highest BCUT2D eigenvalue weighted by molar-refractivity contribution is 5.95. The molecule has 1 heterocycles. The highest BCUT2D eigenvalue weighted by Gasteiger charge is 2.14. The highest BCUT2D eigenvalue weighted by atomic mass is 35.5. The number of nitrogens with zero attached hydrogens (tertiary/aromatic N) is 2. The predicted octanol–water partition coefficient (Wildman–Crippen LogP) is -1.67. The number of nitrogens with one attached hydrogen (secondary N) is 2. The van der Waals surface area contributed by atoms with Gasteiger partial charge in [-0.15, -0.1) is 0 Å². The Morgan fingerprint density at radius 2 is 1.88 bits per heavy atom. The topological polar surface area (TPSA) is 106 Å². The second-order valence-electron chi connectivity index (χ2n) is 5.07. The Morgan fingerprint density at radius 1 is 1.08 bits per heavy atom. The Bertz CT molecular complexity index is 816. The summed E-state index contributed by atoms with van der Waals surface area (Å²) in [4.78, 5) is 11.8. The lowest BCUT2D eigenvalue weighted by Gasteiger charge is -2.08. The molecule has 0 radical (unpaired) electrons. The van der Waals surface area contributed by atoms with Crippen molar-refractivity contribution < 1.29 is 21.8 Å². The number of nitrogen functional groups attached to an aromatic ring is 1. The van der Waals surface area contributed by atoms with Crippen LogP contribution in [0.25, 0.3) is 10.8 Å². The van der Waals surface area contributed by atoms with E-state index in [0.29, 0.717) is 13.1 Å². The average Bonchev–Trinajstić information content (AvgIpc) is 3.00. The molecule has 0 bridgehead atoms. The van der Waals surface area contributed by atoms with Crippen molar-refractivity contribution in [1.82, 2.24) is 20.9 Å². The minimum atomic E-state index is -0.393. The molecule has 0 aliphatic carbocycles. The fourth-order valence-corrected chi connectivity index (χ4v) is 2.37. The second kappa shape index (κ2) is 8.28. The molecule has 0 atom stereocenters. The quantitative estimate of drug-likeness (QED) is 0.461. The van der Waals surface area contributed by atoms with Crippen LogP contribution in [-0.2, 0) is 6.54 Å². The minimum Gasteiger partial charge on any atom is -1.00 e. The van der Waals surface area contributed by atoms with Gasteiger partial charge in [0.05, 0.1) is 0 Å². The van der Waals surface area contributed by atoms with Gasteiger partial charge in [-0.2, -0.15) is 0 Å². The van der Waals surface area contributed by atoms with Crippen molar-refractivity contribution in [2.75, 3.05) is 18.8 Å². The van der Waals surface area contributed by atoms with E-state index in [1.807, 2.05) is 18.2 Å². The third-order valence-electron chi connectivity index (χ3n) is 3.51. The van der Waals surface area contributed by atoms with E-state index in [-0.39, 0.29) is 23.9 Å². The number of rotatable bonds is 6. The number of benzene rings is 2. The van der Waals surface area contributed by atoms with Crippen LogP contribution in [0.2, 0.25) is 0 Å². The van der Waals surface area contributed by atoms with Crippen molar-refractivity contribution in [3.8, 4) is 0 Å². The summed E-state index contributed by atoms with van der Waals surface area (Å²) in [5.74, 6) is -0.401. The SMILES string of the molecule is Nc1nonc1C(=O)NCCNCc1cccc2ccccc12.[Cl-]. The van der Waals surface area contributed by atoms with Crippen molar-refractivity contribution in [3.63, 3.8) is 0 Å². The normalized spacial score (nSPS) is 10.3. The van der Waals surface area contributed by atoms with E-state index >= 15 is 0 Å². The van der Waals surface area contributed by atoms with Gasteiger partial charge in [0.1, 0.15) is 0 Å². The zero-order chi connectivity index (χ0) is 16.1. The van der Waals surface area contributed by atoms with E-state index in [4.69, 9.17) is 5.73 Å². The number of halogens is 1. The molecule has 2 aromatic carbocycles. The zero-order valence-corrected chi connectivity index (χ0v) is 13.6. The monoisotopic (exact) mass is 346 g/mol. The van der Waals surface area contributed by atoms with Gasteiger partial charge in [-0.25, -0.2) is 4.63 Å². The molecule has 0 fully saturated rings. The number of amides is 1. The van der Waals surface area contributed by atoms with Crippen molar-refractivity contribution in [1.29, 1.82) is 0 Å². The van der Waals surface area contributed by atoms with Gasteiger partial charge in [0, 0.05) is 19.6 Å². The van der Waals surface area contributed by atoms with Gasteiger partial charge in [-0.1, -0.05) is 42.5 Å². The van der Waals surface area contributed by atoms with Gasteiger partial charge in [0.2, 0.25) is 11.5 Å². The molecule has 0 unspecified atom stereocenters. The molecule has 0 aliphatic rings. The maximum absolute atomic E-state index is 11.8. The van der Waals surface area contributed by atoms with E-state index in [1.165, 1.54) is 16.3 Å². The van der Waals surface area contributed by atoms with Gasteiger partial charge in [-0.05, 0) is 26.6 Å². The van der Waals surface area contributed by atoms with Gasteiger partial charge in [0.25, 0.3) is 5.91 Å². The van der Waals surface area contributed by atoms with Gasteiger partial charge in [0.15, 0.2) is 0 Å².